The normalized spacial score (nSPS) is 12.1. The van der Waals surface area contributed by atoms with E-state index in [9.17, 15) is 14.9 Å². The van der Waals surface area contributed by atoms with Crippen LogP contribution in [0.5, 0.6) is 0 Å². The van der Waals surface area contributed by atoms with Gasteiger partial charge in [-0.3, -0.25) is 15.5 Å². The van der Waals surface area contributed by atoms with Crippen LogP contribution >= 0.6 is 23.2 Å². The van der Waals surface area contributed by atoms with Gasteiger partial charge in [0.2, 0.25) is 0 Å². The van der Waals surface area contributed by atoms with E-state index >= 15 is 0 Å². The molecule has 1 aromatic rings. The van der Waals surface area contributed by atoms with E-state index in [1.54, 1.807) is 0 Å². The number of non-ortho nitro benzene ring substituents is 1. The molecule has 1 aromatic carbocycles. The highest BCUT2D eigenvalue weighted by atomic mass is 35.5. The van der Waals surface area contributed by atoms with E-state index in [4.69, 9.17) is 28.3 Å². The molecular formula is C10H7Cl2N3O4. The Kier molecular flexibility index (Phi) is 5.28. The SMILES string of the molecule is O=C(O)/C(Cl)=C(Cl)\C=N/Nc1ccc([N+](=O)[O-])cc1. The van der Waals surface area contributed by atoms with Gasteiger partial charge in [-0.1, -0.05) is 23.2 Å². The molecule has 0 bridgehead atoms. The predicted molar refractivity (Wildman–Crippen MR) is 71.6 cm³/mol. The number of carboxylic acid groups (broad SMARTS) is 1. The van der Waals surface area contributed by atoms with Gasteiger partial charge in [0.15, 0.2) is 0 Å². The second-order valence-electron chi connectivity index (χ2n) is 3.14. The van der Waals surface area contributed by atoms with Crippen LogP contribution in [0.3, 0.4) is 0 Å². The molecule has 9 heteroatoms. The number of carboxylic acids is 1. The van der Waals surface area contributed by atoms with Crippen molar-refractivity contribution in [3.8, 4) is 0 Å². The van der Waals surface area contributed by atoms with E-state index in [-0.39, 0.29) is 10.7 Å². The second-order valence-corrected chi connectivity index (χ2v) is 3.93. The van der Waals surface area contributed by atoms with Crippen LogP contribution in [-0.4, -0.2) is 22.2 Å². The van der Waals surface area contributed by atoms with E-state index in [0.717, 1.165) is 6.21 Å². The first-order valence-electron chi connectivity index (χ1n) is 4.74. The third-order valence-electron chi connectivity index (χ3n) is 1.85. The summed E-state index contributed by atoms with van der Waals surface area (Å²) in [6.07, 6.45) is 1.01. The average molecular weight is 304 g/mol. The maximum Gasteiger partial charge on any atom is 0.348 e. The molecule has 0 unspecified atom stereocenters. The van der Waals surface area contributed by atoms with Crippen LogP contribution in [0.1, 0.15) is 0 Å². The number of hydrazone groups is 1. The van der Waals surface area contributed by atoms with Gasteiger partial charge in [0.25, 0.3) is 5.69 Å². The molecule has 0 saturated heterocycles. The Hall–Kier alpha value is -2.12. The lowest BCUT2D eigenvalue weighted by atomic mass is 10.3. The number of allylic oxidation sites excluding steroid dienone is 1. The Morgan fingerprint density at radius 1 is 1.37 bits per heavy atom. The predicted octanol–water partition coefficient (Wildman–Crippen LogP) is 2.77. The molecular weight excluding hydrogens is 297 g/mol. The number of aliphatic carboxylic acids is 1. The highest BCUT2D eigenvalue weighted by Gasteiger charge is 2.07. The number of nitro benzene ring substituents is 1. The van der Waals surface area contributed by atoms with E-state index in [1.807, 2.05) is 0 Å². The Balaban J connectivity index is 2.69. The lowest BCUT2D eigenvalue weighted by Crippen LogP contribution is -1.98. The van der Waals surface area contributed by atoms with E-state index in [0.29, 0.717) is 5.69 Å². The molecule has 0 aliphatic rings. The quantitative estimate of drug-likeness (QED) is 0.376. The number of anilines is 1. The largest absolute Gasteiger partial charge is 0.477 e. The van der Waals surface area contributed by atoms with Crippen molar-refractivity contribution in [1.29, 1.82) is 0 Å². The minimum atomic E-state index is -1.37. The molecule has 0 radical (unpaired) electrons. The third kappa shape index (κ3) is 4.57. The van der Waals surface area contributed by atoms with Crippen molar-refractivity contribution < 1.29 is 14.8 Å². The summed E-state index contributed by atoms with van der Waals surface area (Å²) in [7, 11) is 0. The smallest absolute Gasteiger partial charge is 0.348 e. The fraction of sp³-hybridized carbons (Fsp3) is 0. The lowest BCUT2D eigenvalue weighted by molar-refractivity contribution is -0.384. The molecule has 7 nitrogen and oxygen atoms in total. The first-order valence-corrected chi connectivity index (χ1v) is 5.49. The summed E-state index contributed by atoms with van der Waals surface area (Å²) in [6.45, 7) is 0. The highest BCUT2D eigenvalue weighted by molar-refractivity contribution is 6.51. The second kappa shape index (κ2) is 6.72. The van der Waals surface area contributed by atoms with Gasteiger partial charge in [0, 0.05) is 12.1 Å². The van der Waals surface area contributed by atoms with Crippen LogP contribution in [-0.2, 0) is 4.79 Å². The number of nitrogens with zero attached hydrogens (tertiary/aromatic N) is 2. The Morgan fingerprint density at radius 3 is 2.42 bits per heavy atom. The summed E-state index contributed by atoms with van der Waals surface area (Å²) in [5.41, 5.74) is 2.93. The van der Waals surface area contributed by atoms with Crippen LogP contribution in [0.25, 0.3) is 0 Å². The zero-order chi connectivity index (χ0) is 14.4. The van der Waals surface area contributed by atoms with Crippen LogP contribution in [0, 0.1) is 10.1 Å². The molecule has 100 valence electrons. The zero-order valence-electron chi connectivity index (χ0n) is 9.21. The maximum absolute atomic E-state index is 10.5. The van der Waals surface area contributed by atoms with Crippen molar-refractivity contribution in [3.05, 3.63) is 44.4 Å². The molecule has 1 rings (SSSR count). The minimum Gasteiger partial charge on any atom is -0.477 e. The molecule has 2 N–H and O–H groups in total. The van der Waals surface area contributed by atoms with Crippen molar-refractivity contribution in [3.63, 3.8) is 0 Å². The number of hydrogen-bond acceptors (Lipinski definition) is 5. The summed E-state index contributed by atoms with van der Waals surface area (Å²) >= 11 is 10.9. The van der Waals surface area contributed by atoms with Gasteiger partial charge in [-0.25, -0.2) is 4.79 Å². The highest BCUT2D eigenvalue weighted by Crippen LogP contribution is 2.16. The van der Waals surface area contributed by atoms with Crippen molar-refractivity contribution in [2.24, 2.45) is 5.10 Å². The first kappa shape index (κ1) is 14.9. The number of hydrogen-bond donors (Lipinski definition) is 2. The number of nitro groups is 1. The van der Waals surface area contributed by atoms with Crippen molar-refractivity contribution in [2.45, 2.75) is 0 Å². The summed E-state index contributed by atoms with van der Waals surface area (Å²) in [4.78, 5) is 20.3. The standard InChI is InChI=1S/C10H7Cl2N3O4/c11-8(9(12)10(16)17)5-13-14-6-1-3-7(4-2-6)15(18)19/h1-5,14H,(H,16,17)/b9-8-,13-5-. The Labute approximate surface area is 117 Å². The van der Waals surface area contributed by atoms with E-state index < -0.39 is 15.9 Å². The molecule has 0 spiro atoms. The van der Waals surface area contributed by atoms with Gasteiger partial charge in [-0.05, 0) is 12.1 Å². The molecule has 0 aliphatic heterocycles. The van der Waals surface area contributed by atoms with Crippen LogP contribution in [0.4, 0.5) is 11.4 Å². The number of halogens is 2. The van der Waals surface area contributed by atoms with Gasteiger partial charge in [0.1, 0.15) is 5.03 Å². The summed E-state index contributed by atoms with van der Waals surface area (Å²) in [5.74, 6) is -1.37. The number of carbonyl (C=O) groups is 1. The van der Waals surface area contributed by atoms with Crippen LogP contribution in [0.2, 0.25) is 0 Å². The van der Waals surface area contributed by atoms with Gasteiger partial charge >= 0.3 is 5.97 Å². The molecule has 19 heavy (non-hydrogen) atoms. The Morgan fingerprint density at radius 2 is 1.95 bits per heavy atom. The molecule has 0 heterocycles. The average Bonchev–Trinajstić information content (AvgIpc) is 2.38. The van der Waals surface area contributed by atoms with Gasteiger partial charge in [-0.2, -0.15) is 5.10 Å². The van der Waals surface area contributed by atoms with Crippen LogP contribution < -0.4 is 5.43 Å². The van der Waals surface area contributed by atoms with Gasteiger partial charge in [0.05, 0.1) is 21.9 Å². The van der Waals surface area contributed by atoms with E-state index in [1.165, 1.54) is 24.3 Å². The monoisotopic (exact) mass is 303 g/mol. The summed E-state index contributed by atoms with van der Waals surface area (Å²) in [5, 5.41) is 21.8. The lowest BCUT2D eigenvalue weighted by Gasteiger charge is -1.99. The summed E-state index contributed by atoms with van der Waals surface area (Å²) < 4.78 is 0. The van der Waals surface area contributed by atoms with Crippen molar-refractivity contribution in [1.82, 2.24) is 0 Å². The van der Waals surface area contributed by atoms with Crippen molar-refractivity contribution in [2.75, 3.05) is 5.43 Å². The number of benzene rings is 1. The molecule has 0 fully saturated rings. The van der Waals surface area contributed by atoms with E-state index in [2.05, 4.69) is 10.5 Å². The Bertz CT molecular complexity index is 554. The van der Waals surface area contributed by atoms with Crippen molar-refractivity contribution >= 4 is 46.8 Å². The molecule has 0 atom stereocenters. The number of rotatable bonds is 5. The van der Waals surface area contributed by atoms with Gasteiger partial charge in [-0.15, -0.1) is 0 Å². The summed E-state index contributed by atoms with van der Waals surface area (Å²) in [6, 6.07) is 5.46. The fourth-order valence-corrected chi connectivity index (χ4v) is 1.16. The molecule has 0 aliphatic carbocycles. The first-order chi connectivity index (χ1) is 8.91. The third-order valence-corrected chi connectivity index (χ3v) is 2.60. The molecule has 0 aromatic heterocycles. The number of nitrogens with one attached hydrogen (secondary N) is 1. The minimum absolute atomic E-state index is 0.0543. The molecule has 0 amide bonds. The fourth-order valence-electron chi connectivity index (χ4n) is 0.980. The maximum atomic E-state index is 10.5. The zero-order valence-corrected chi connectivity index (χ0v) is 10.7. The van der Waals surface area contributed by atoms with Gasteiger partial charge < -0.3 is 5.11 Å². The molecule has 0 saturated carbocycles. The topological polar surface area (TPSA) is 105 Å². The van der Waals surface area contributed by atoms with Crippen LogP contribution in [0.15, 0.2) is 39.4 Å².